The maximum absolute atomic E-state index is 6.24. The first-order chi connectivity index (χ1) is 10.7. The van der Waals surface area contributed by atoms with Crippen LogP contribution in [0.15, 0.2) is 72.8 Å². The van der Waals surface area contributed by atoms with Crippen molar-refractivity contribution in [2.24, 2.45) is 0 Å². The highest BCUT2D eigenvalue weighted by Gasteiger charge is 2.12. The first-order valence-electron chi connectivity index (χ1n) is 7.20. The summed E-state index contributed by atoms with van der Waals surface area (Å²) in [4.78, 5) is 0. The lowest BCUT2D eigenvalue weighted by atomic mass is 9.91. The van der Waals surface area contributed by atoms with Crippen molar-refractivity contribution in [1.29, 1.82) is 0 Å². The van der Waals surface area contributed by atoms with Crippen LogP contribution in [0, 0.1) is 0 Å². The smallest absolute Gasteiger partial charge is 0.0413 e. The third-order valence-electron chi connectivity index (χ3n) is 4.06. The molecule has 0 heterocycles. The molecular formula is C20H14ClN. The van der Waals surface area contributed by atoms with Crippen LogP contribution in [0.25, 0.3) is 32.7 Å². The summed E-state index contributed by atoms with van der Waals surface area (Å²) in [7, 11) is 0. The third kappa shape index (κ3) is 2.02. The Bertz CT molecular complexity index is 951. The highest BCUT2D eigenvalue weighted by Crippen LogP contribution is 2.39. The Hall–Kier alpha value is -2.51. The molecule has 0 unspecified atom stereocenters. The minimum absolute atomic E-state index is 0.696. The van der Waals surface area contributed by atoms with Crippen molar-refractivity contribution in [1.82, 2.24) is 0 Å². The molecule has 0 saturated heterocycles. The van der Waals surface area contributed by atoms with Gasteiger partial charge < -0.3 is 5.73 Å². The molecule has 22 heavy (non-hydrogen) atoms. The van der Waals surface area contributed by atoms with Gasteiger partial charge in [0.2, 0.25) is 0 Å². The summed E-state index contributed by atoms with van der Waals surface area (Å²) in [6, 6.07) is 24.6. The standard InChI is InChI=1S/C20H14ClN/c21-15-9-10-19(22)18(12-15)20-16-7-3-1-5-13(16)11-14-6-2-4-8-17(14)20/h1-12H,22H2. The maximum atomic E-state index is 6.24. The largest absolute Gasteiger partial charge is 0.398 e. The molecule has 0 amide bonds. The van der Waals surface area contributed by atoms with Crippen LogP contribution in [-0.4, -0.2) is 0 Å². The van der Waals surface area contributed by atoms with E-state index < -0.39 is 0 Å². The van der Waals surface area contributed by atoms with Gasteiger partial charge in [0.25, 0.3) is 0 Å². The zero-order valence-electron chi connectivity index (χ0n) is 11.9. The number of rotatable bonds is 1. The van der Waals surface area contributed by atoms with Crippen molar-refractivity contribution in [3.05, 3.63) is 77.8 Å². The molecular weight excluding hydrogens is 290 g/mol. The molecule has 2 N–H and O–H groups in total. The van der Waals surface area contributed by atoms with Gasteiger partial charge in [0.1, 0.15) is 0 Å². The summed E-state index contributed by atoms with van der Waals surface area (Å²) in [6.45, 7) is 0. The van der Waals surface area contributed by atoms with Crippen molar-refractivity contribution < 1.29 is 0 Å². The molecule has 0 aliphatic carbocycles. The quantitative estimate of drug-likeness (QED) is 0.344. The van der Waals surface area contributed by atoms with Gasteiger partial charge in [0.15, 0.2) is 0 Å². The second kappa shape index (κ2) is 5.04. The lowest BCUT2D eigenvalue weighted by Gasteiger charge is -2.14. The highest BCUT2D eigenvalue weighted by molar-refractivity contribution is 6.31. The zero-order valence-corrected chi connectivity index (χ0v) is 12.6. The van der Waals surface area contributed by atoms with E-state index in [1.807, 2.05) is 18.2 Å². The van der Waals surface area contributed by atoms with Gasteiger partial charge in [-0.15, -0.1) is 0 Å². The van der Waals surface area contributed by atoms with E-state index in [-0.39, 0.29) is 0 Å². The molecule has 2 heteroatoms. The Kier molecular flexibility index (Phi) is 3.02. The van der Waals surface area contributed by atoms with E-state index in [0.29, 0.717) is 5.02 Å². The second-order valence-corrected chi connectivity index (χ2v) is 5.86. The molecule has 106 valence electrons. The fourth-order valence-corrected chi connectivity index (χ4v) is 3.22. The average molecular weight is 304 g/mol. The van der Waals surface area contributed by atoms with Crippen LogP contribution in [0.4, 0.5) is 5.69 Å². The molecule has 4 aromatic carbocycles. The normalized spacial score (nSPS) is 11.1. The number of nitrogen functional groups attached to an aromatic ring is 1. The lowest BCUT2D eigenvalue weighted by molar-refractivity contribution is 1.65. The molecule has 0 aromatic heterocycles. The van der Waals surface area contributed by atoms with E-state index in [1.54, 1.807) is 0 Å². The van der Waals surface area contributed by atoms with Crippen molar-refractivity contribution in [3.8, 4) is 11.1 Å². The molecule has 0 fully saturated rings. The van der Waals surface area contributed by atoms with Gasteiger partial charge in [-0.05, 0) is 51.4 Å². The summed E-state index contributed by atoms with van der Waals surface area (Å²) in [6.07, 6.45) is 0. The molecule has 1 nitrogen and oxygen atoms in total. The summed E-state index contributed by atoms with van der Waals surface area (Å²) in [5, 5.41) is 5.48. The van der Waals surface area contributed by atoms with Gasteiger partial charge in [-0.25, -0.2) is 0 Å². The van der Waals surface area contributed by atoms with Crippen LogP contribution in [0.3, 0.4) is 0 Å². The minimum atomic E-state index is 0.696. The van der Waals surface area contributed by atoms with Gasteiger partial charge in [0.05, 0.1) is 0 Å². The Morgan fingerprint density at radius 2 is 1.27 bits per heavy atom. The minimum Gasteiger partial charge on any atom is -0.398 e. The van der Waals surface area contributed by atoms with Crippen molar-refractivity contribution in [2.75, 3.05) is 5.73 Å². The Labute approximate surface area is 133 Å². The van der Waals surface area contributed by atoms with Crippen molar-refractivity contribution in [3.63, 3.8) is 0 Å². The van der Waals surface area contributed by atoms with Crippen LogP contribution in [-0.2, 0) is 0 Å². The number of hydrogen-bond acceptors (Lipinski definition) is 1. The highest BCUT2D eigenvalue weighted by atomic mass is 35.5. The molecule has 0 atom stereocenters. The summed E-state index contributed by atoms with van der Waals surface area (Å²) in [5.74, 6) is 0. The fraction of sp³-hybridized carbons (Fsp3) is 0. The molecule has 0 spiro atoms. The number of anilines is 1. The second-order valence-electron chi connectivity index (χ2n) is 5.43. The monoisotopic (exact) mass is 303 g/mol. The number of fused-ring (bicyclic) bond motifs is 2. The first kappa shape index (κ1) is 13.2. The van der Waals surface area contributed by atoms with E-state index in [4.69, 9.17) is 17.3 Å². The van der Waals surface area contributed by atoms with Gasteiger partial charge in [-0.3, -0.25) is 0 Å². The SMILES string of the molecule is Nc1ccc(Cl)cc1-c1c2ccccc2cc2ccccc12. The number of benzene rings is 4. The van der Waals surface area contributed by atoms with E-state index in [2.05, 4.69) is 54.6 Å². The van der Waals surface area contributed by atoms with Gasteiger partial charge in [-0.2, -0.15) is 0 Å². The number of nitrogens with two attached hydrogens (primary N) is 1. The van der Waals surface area contributed by atoms with Gasteiger partial charge in [0, 0.05) is 16.3 Å². The molecule has 4 aromatic rings. The molecule has 0 saturated carbocycles. The average Bonchev–Trinajstić information content (AvgIpc) is 2.55. The fourth-order valence-electron chi connectivity index (χ4n) is 3.05. The van der Waals surface area contributed by atoms with E-state index in [0.717, 1.165) is 16.8 Å². The summed E-state index contributed by atoms with van der Waals surface area (Å²) in [5.41, 5.74) is 9.12. The van der Waals surface area contributed by atoms with E-state index in [1.165, 1.54) is 21.5 Å². The topological polar surface area (TPSA) is 26.0 Å². The molecule has 0 bridgehead atoms. The number of halogens is 1. The van der Waals surface area contributed by atoms with Crippen LogP contribution in [0.1, 0.15) is 0 Å². The van der Waals surface area contributed by atoms with Crippen LogP contribution in [0.5, 0.6) is 0 Å². The molecule has 0 radical (unpaired) electrons. The zero-order chi connectivity index (χ0) is 15.1. The maximum Gasteiger partial charge on any atom is 0.0413 e. The molecule has 0 aliphatic heterocycles. The van der Waals surface area contributed by atoms with Crippen molar-refractivity contribution >= 4 is 38.8 Å². The van der Waals surface area contributed by atoms with Crippen LogP contribution >= 0.6 is 11.6 Å². The predicted octanol–water partition coefficient (Wildman–Crippen LogP) is 5.90. The Balaban J connectivity index is 2.24. The first-order valence-corrected chi connectivity index (χ1v) is 7.58. The van der Waals surface area contributed by atoms with Crippen molar-refractivity contribution in [2.45, 2.75) is 0 Å². The molecule has 0 aliphatic rings. The predicted molar refractivity (Wildman–Crippen MR) is 96.3 cm³/mol. The number of hydrogen-bond donors (Lipinski definition) is 1. The summed E-state index contributed by atoms with van der Waals surface area (Å²) >= 11 is 6.21. The van der Waals surface area contributed by atoms with Gasteiger partial charge >= 0.3 is 0 Å². The van der Waals surface area contributed by atoms with Gasteiger partial charge in [-0.1, -0.05) is 60.1 Å². The Morgan fingerprint density at radius 1 is 0.682 bits per heavy atom. The lowest BCUT2D eigenvalue weighted by Crippen LogP contribution is -1.92. The van der Waals surface area contributed by atoms with Crippen LogP contribution < -0.4 is 5.73 Å². The summed E-state index contributed by atoms with van der Waals surface area (Å²) < 4.78 is 0. The molecule has 4 rings (SSSR count). The van der Waals surface area contributed by atoms with Crippen LogP contribution in [0.2, 0.25) is 5.02 Å². The van der Waals surface area contributed by atoms with E-state index in [9.17, 15) is 0 Å². The third-order valence-corrected chi connectivity index (χ3v) is 4.29. The van der Waals surface area contributed by atoms with E-state index >= 15 is 0 Å². The Morgan fingerprint density at radius 3 is 1.91 bits per heavy atom.